The minimum absolute atomic E-state index is 0.184. The number of halogens is 1. The van der Waals surface area contributed by atoms with Crippen molar-refractivity contribution in [1.29, 1.82) is 0 Å². The summed E-state index contributed by atoms with van der Waals surface area (Å²) >= 11 is 0. The molecule has 1 aliphatic heterocycles. The lowest BCUT2D eigenvalue weighted by Gasteiger charge is -2.35. The summed E-state index contributed by atoms with van der Waals surface area (Å²) in [5, 5.41) is 2.94. The molecule has 1 aromatic carbocycles. The van der Waals surface area contributed by atoms with Gasteiger partial charge in [-0.15, -0.1) is 0 Å². The fraction of sp³-hybridized carbons (Fsp3) is 0.455. The molecule has 156 valence electrons. The van der Waals surface area contributed by atoms with Crippen LogP contribution >= 0.6 is 0 Å². The first-order chi connectivity index (χ1) is 13.9. The SMILES string of the molecule is CCN(C)c1nc(N2CCOC[C@H]2C)cc(C)c1C(=O)NCc1ccc(F)cc1. The summed E-state index contributed by atoms with van der Waals surface area (Å²) < 4.78 is 18.6. The minimum atomic E-state index is -0.292. The van der Waals surface area contributed by atoms with Crippen molar-refractivity contribution in [2.24, 2.45) is 0 Å². The summed E-state index contributed by atoms with van der Waals surface area (Å²) in [4.78, 5) is 22.1. The molecule has 6 nitrogen and oxygen atoms in total. The Bertz CT molecular complexity index is 857. The van der Waals surface area contributed by atoms with Gasteiger partial charge >= 0.3 is 0 Å². The number of pyridine rings is 1. The number of hydrogen-bond acceptors (Lipinski definition) is 5. The van der Waals surface area contributed by atoms with E-state index in [-0.39, 0.29) is 17.8 Å². The zero-order valence-electron chi connectivity index (χ0n) is 17.5. The number of aromatic nitrogens is 1. The molecule has 1 N–H and O–H groups in total. The van der Waals surface area contributed by atoms with Gasteiger partial charge in [0.05, 0.1) is 24.8 Å². The molecule has 0 bridgehead atoms. The molecule has 2 heterocycles. The van der Waals surface area contributed by atoms with Crippen LogP contribution in [0.25, 0.3) is 0 Å². The van der Waals surface area contributed by atoms with Crippen molar-refractivity contribution in [1.82, 2.24) is 10.3 Å². The average molecular weight is 400 g/mol. The van der Waals surface area contributed by atoms with Crippen LogP contribution in [0.3, 0.4) is 0 Å². The zero-order chi connectivity index (χ0) is 21.0. The predicted octanol–water partition coefficient (Wildman–Crippen LogP) is 3.14. The minimum Gasteiger partial charge on any atom is -0.377 e. The van der Waals surface area contributed by atoms with E-state index >= 15 is 0 Å². The van der Waals surface area contributed by atoms with Gasteiger partial charge in [-0.3, -0.25) is 4.79 Å². The second-order valence-electron chi connectivity index (χ2n) is 7.44. The second-order valence-corrected chi connectivity index (χ2v) is 7.44. The number of anilines is 2. The van der Waals surface area contributed by atoms with E-state index in [1.54, 1.807) is 12.1 Å². The monoisotopic (exact) mass is 400 g/mol. The van der Waals surface area contributed by atoms with E-state index in [2.05, 4.69) is 17.1 Å². The standard InChI is InChI=1S/C22H29FN4O2/c1-5-26(4)21-20(22(28)24-13-17-6-8-18(23)9-7-17)15(2)12-19(25-21)27-10-11-29-14-16(27)3/h6-9,12,16H,5,10-11,13-14H2,1-4H3,(H,24,28)/t16-/m1/s1. The van der Waals surface area contributed by atoms with E-state index in [0.29, 0.717) is 31.1 Å². The Morgan fingerprint density at radius 2 is 2.10 bits per heavy atom. The maximum atomic E-state index is 13.1. The van der Waals surface area contributed by atoms with Crippen molar-refractivity contribution in [2.75, 3.05) is 43.2 Å². The summed E-state index contributed by atoms with van der Waals surface area (Å²) in [6.45, 7) is 9.26. The van der Waals surface area contributed by atoms with E-state index in [0.717, 1.165) is 30.0 Å². The summed E-state index contributed by atoms with van der Waals surface area (Å²) in [5.74, 6) is 1.05. The summed E-state index contributed by atoms with van der Waals surface area (Å²) in [5.41, 5.74) is 2.29. The number of aryl methyl sites for hydroxylation is 1. The number of hydrogen-bond donors (Lipinski definition) is 1. The molecular formula is C22H29FN4O2. The van der Waals surface area contributed by atoms with Gasteiger partial charge in [-0.1, -0.05) is 12.1 Å². The fourth-order valence-electron chi connectivity index (χ4n) is 3.43. The van der Waals surface area contributed by atoms with Crippen molar-refractivity contribution >= 4 is 17.5 Å². The van der Waals surface area contributed by atoms with Crippen LogP contribution in [-0.4, -0.2) is 50.3 Å². The predicted molar refractivity (Wildman–Crippen MR) is 113 cm³/mol. The quantitative estimate of drug-likeness (QED) is 0.807. The van der Waals surface area contributed by atoms with Gasteiger partial charge in [0, 0.05) is 26.7 Å². The van der Waals surface area contributed by atoms with Gasteiger partial charge in [0.1, 0.15) is 17.5 Å². The van der Waals surface area contributed by atoms with Gasteiger partial charge in [-0.05, 0) is 50.1 Å². The number of amides is 1. The van der Waals surface area contributed by atoms with Gasteiger partial charge in [-0.25, -0.2) is 9.37 Å². The molecule has 0 saturated carbocycles. The molecule has 7 heteroatoms. The zero-order valence-corrected chi connectivity index (χ0v) is 17.5. The molecule has 29 heavy (non-hydrogen) atoms. The molecular weight excluding hydrogens is 371 g/mol. The van der Waals surface area contributed by atoms with Gasteiger partial charge in [0.25, 0.3) is 5.91 Å². The number of nitrogens with one attached hydrogen (secondary N) is 1. The van der Waals surface area contributed by atoms with Crippen LogP contribution in [0, 0.1) is 12.7 Å². The maximum absolute atomic E-state index is 13.1. The largest absolute Gasteiger partial charge is 0.377 e. The Labute approximate surface area is 171 Å². The Morgan fingerprint density at radius 3 is 2.76 bits per heavy atom. The summed E-state index contributed by atoms with van der Waals surface area (Å²) in [7, 11) is 1.94. The van der Waals surface area contributed by atoms with Crippen LogP contribution < -0.4 is 15.1 Å². The van der Waals surface area contributed by atoms with Crippen molar-refractivity contribution in [2.45, 2.75) is 33.4 Å². The number of carbonyl (C=O) groups excluding carboxylic acids is 1. The summed E-state index contributed by atoms with van der Waals surface area (Å²) in [6, 6.07) is 8.33. The van der Waals surface area contributed by atoms with Crippen molar-refractivity contribution < 1.29 is 13.9 Å². The van der Waals surface area contributed by atoms with Crippen molar-refractivity contribution in [3.63, 3.8) is 0 Å². The van der Waals surface area contributed by atoms with Crippen LogP contribution in [0.5, 0.6) is 0 Å². The normalized spacial score (nSPS) is 16.6. The highest BCUT2D eigenvalue weighted by atomic mass is 19.1. The molecule has 0 aliphatic carbocycles. The van der Waals surface area contributed by atoms with Gasteiger partial charge in [0.2, 0.25) is 0 Å². The summed E-state index contributed by atoms with van der Waals surface area (Å²) in [6.07, 6.45) is 0. The smallest absolute Gasteiger partial charge is 0.255 e. The first kappa shape index (κ1) is 21.0. The van der Waals surface area contributed by atoms with Crippen molar-refractivity contribution in [3.8, 4) is 0 Å². The fourth-order valence-corrected chi connectivity index (χ4v) is 3.43. The number of ether oxygens (including phenoxy) is 1. The van der Waals surface area contributed by atoms with Crippen LogP contribution in [0.4, 0.5) is 16.0 Å². The highest BCUT2D eigenvalue weighted by molar-refractivity contribution is 6.00. The Kier molecular flexibility index (Phi) is 6.69. The molecule has 1 amide bonds. The number of morpholine rings is 1. The molecule has 3 rings (SSSR count). The molecule has 0 unspecified atom stereocenters. The van der Waals surface area contributed by atoms with Gasteiger partial charge in [-0.2, -0.15) is 0 Å². The van der Waals surface area contributed by atoms with E-state index in [1.165, 1.54) is 12.1 Å². The molecule has 0 spiro atoms. The second kappa shape index (κ2) is 9.22. The molecule has 1 aromatic heterocycles. The van der Waals surface area contributed by atoms with E-state index in [4.69, 9.17) is 9.72 Å². The van der Waals surface area contributed by atoms with Crippen LogP contribution in [0.1, 0.15) is 35.3 Å². The van der Waals surface area contributed by atoms with Gasteiger partial charge < -0.3 is 19.9 Å². The maximum Gasteiger partial charge on any atom is 0.255 e. The first-order valence-corrected chi connectivity index (χ1v) is 10.0. The number of carbonyl (C=O) groups is 1. The highest BCUT2D eigenvalue weighted by Gasteiger charge is 2.25. The topological polar surface area (TPSA) is 57.7 Å². The molecule has 1 fully saturated rings. The Hall–Kier alpha value is -2.67. The average Bonchev–Trinajstić information content (AvgIpc) is 2.72. The van der Waals surface area contributed by atoms with Crippen LogP contribution in [0.15, 0.2) is 30.3 Å². The van der Waals surface area contributed by atoms with Gasteiger partial charge in [0.15, 0.2) is 0 Å². The van der Waals surface area contributed by atoms with Crippen molar-refractivity contribution in [3.05, 3.63) is 52.8 Å². The molecule has 1 atom stereocenters. The van der Waals surface area contributed by atoms with E-state index < -0.39 is 0 Å². The van der Waals surface area contributed by atoms with E-state index in [1.807, 2.05) is 31.9 Å². The lowest BCUT2D eigenvalue weighted by Crippen LogP contribution is -2.44. The van der Waals surface area contributed by atoms with Crippen LogP contribution in [0.2, 0.25) is 0 Å². The third-order valence-electron chi connectivity index (χ3n) is 5.28. The number of rotatable bonds is 6. The number of nitrogens with zero attached hydrogens (tertiary/aromatic N) is 3. The van der Waals surface area contributed by atoms with Crippen LogP contribution in [-0.2, 0) is 11.3 Å². The molecule has 2 aromatic rings. The Morgan fingerprint density at radius 1 is 1.38 bits per heavy atom. The first-order valence-electron chi connectivity index (χ1n) is 10.0. The molecule has 0 radical (unpaired) electrons. The molecule has 1 aliphatic rings. The highest BCUT2D eigenvalue weighted by Crippen LogP contribution is 2.28. The van der Waals surface area contributed by atoms with E-state index in [9.17, 15) is 9.18 Å². The third kappa shape index (κ3) is 4.85. The lowest BCUT2D eigenvalue weighted by atomic mass is 10.1. The molecule has 1 saturated heterocycles. The lowest BCUT2D eigenvalue weighted by molar-refractivity contribution is 0.0949. The third-order valence-corrected chi connectivity index (χ3v) is 5.28. The Balaban J connectivity index is 1.88. The number of benzene rings is 1.